The second kappa shape index (κ2) is 23.0. The summed E-state index contributed by atoms with van der Waals surface area (Å²) in [5, 5.41) is 34.4. The minimum absolute atomic E-state index is 0.0273. The molecule has 3 aliphatic heterocycles. The van der Waals surface area contributed by atoms with Crippen molar-refractivity contribution in [2.75, 3.05) is 55.7 Å². The van der Waals surface area contributed by atoms with Gasteiger partial charge >= 0.3 is 18.2 Å². The van der Waals surface area contributed by atoms with Gasteiger partial charge in [-0.3, -0.25) is 19.4 Å². The molecule has 9 rings (SSSR count). The van der Waals surface area contributed by atoms with Crippen LogP contribution in [0.2, 0.25) is 0 Å². The summed E-state index contributed by atoms with van der Waals surface area (Å²) in [5.74, 6) is -1.68. The highest BCUT2D eigenvalue weighted by Crippen LogP contribution is 2.45. The number of hydrogen-bond acceptors (Lipinski definition) is 13. The van der Waals surface area contributed by atoms with Crippen LogP contribution in [0.25, 0.3) is 22.4 Å². The molecule has 4 aromatic carbocycles. The first-order chi connectivity index (χ1) is 35.9. The molecule has 0 spiro atoms. The molecule has 2 saturated heterocycles. The Bertz CT molecular complexity index is 2780. The fourth-order valence-electron chi connectivity index (χ4n) is 10.8. The van der Waals surface area contributed by atoms with Gasteiger partial charge in [0.25, 0.3) is 0 Å². The number of primary amides is 1. The van der Waals surface area contributed by atoms with Crippen molar-refractivity contribution >= 4 is 41.5 Å². The molecule has 74 heavy (non-hydrogen) atoms. The lowest BCUT2D eigenvalue weighted by molar-refractivity contribution is -0.132. The van der Waals surface area contributed by atoms with Crippen molar-refractivity contribution in [3.63, 3.8) is 0 Å². The topological polar surface area (TPSA) is 246 Å². The highest BCUT2D eigenvalue weighted by molar-refractivity contribution is 5.95. The Morgan fingerprint density at radius 3 is 2.15 bits per heavy atom. The van der Waals surface area contributed by atoms with Crippen molar-refractivity contribution < 1.29 is 38.6 Å². The standard InChI is InChI=1S/C55H65N11O8/c1-33(2)48(60-54(71)73-32-42-39-18-9-7-16-37(39)38-17-8-10-19-40(38)42)51(69)59-43(21-13-25-58-53(56)70)50(68)61-52(35-14-5-4-6-15-35)74-55(72)66-34(3)46-31-64(36-23-26-57-27-24-36)28-29-65(46)45-30-44(62-63-49(45)66)41-20-11-12-22-47(41)67/h4-12,14-20,22,30,33-34,36,42-43,46,48,52,57,67H,13,21,23-29,31-32H2,1-3H3,(H,59,69)(H,60,71)(H,61,68)(H3,56,58,70)/t34-,43-,46-,48-,52?/m0/s1. The molecule has 4 aliphatic rings. The Balaban J connectivity index is 0.942. The van der Waals surface area contributed by atoms with Gasteiger partial charge in [-0.2, -0.15) is 0 Å². The fraction of sp³-hybridized carbons (Fsp3) is 0.400. The van der Waals surface area contributed by atoms with Gasteiger partial charge in [0.2, 0.25) is 18.0 Å². The number of carbonyl (C=O) groups excluding carboxylic acids is 5. The van der Waals surface area contributed by atoms with Gasteiger partial charge < -0.3 is 51.8 Å². The lowest BCUT2D eigenvalue weighted by Crippen LogP contribution is -2.66. The van der Waals surface area contributed by atoms with Crippen molar-refractivity contribution in [2.24, 2.45) is 11.7 Å². The number of aromatic hydroxyl groups is 1. The normalized spacial score (nSPS) is 18.6. The van der Waals surface area contributed by atoms with E-state index in [0.717, 1.165) is 54.7 Å². The number of nitrogens with two attached hydrogens (primary N) is 1. The van der Waals surface area contributed by atoms with E-state index < -0.39 is 60.3 Å². The number of phenolic OH excluding ortho intramolecular Hbond substituents is 1. The van der Waals surface area contributed by atoms with Crippen LogP contribution < -0.4 is 42.1 Å². The van der Waals surface area contributed by atoms with E-state index in [-0.39, 0.29) is 49.5 Å². The Morgan fingerprint density at radius 2 is 1.47 bits per heavy atom. The molecule has 19 heteroatoms. The van der Waals surface area contributed by atoms with Gasteiger partial charge in [-0.15, -0.1) is 10.2 Å². The molecule has 4 heterocycles. The average molecular weight is 1010 g/mol. The third-order valence-electron chi connectivity index (χ3n) is 14.7. The second-order valence-corrected chi connectivity index (χ2v) is 19.7. The van der Waals surface area contributed by atoms with E-state index in [1.54, 1.807) is 68.4 Å². The minimum Gasteiger partial charge on any atom is -0.507 e. The number of nitrogens with one attached hydrogen (secondary N) is 5. The number of hydrogen-bond donors (Lipinski definition) is 7. The molecular weight excluding hydrogens is 943 g/mol. The number of amides is 6. The van der Waals surface area contributed by atoms with Gasteiger partial charge in [-0.25, -0.2) is 14.4 Å². The van der Waals surface area contributed by atoms with Crippen LogP contribution in [0.15, 0.2) is 109 Å². The first kappa shape index (κ1) is 51.1. The number of anilines is 2. The lowest BCUT2D eigenvalue weighted by Gasteiger charge is -2.53. The Hall–Kier alpha value is -7.77. The van der Waals surface area contributed by atoms with Crippen LogP contribution in [0, 0.1) is 5.92 Å². The predicted octanol–water partition coefficient (Wildman–Crippen LogP) is 5.75. The van der Waals surface area contributed by atoms with E-state index in [4.69, 9.17) is 15.2 Å². The minimum atomic E-state index is -1.36. The Kier molecular flexibility index (Phi) is 15.9. The average Bonchev–Trinajstić information content (AvgIpc) is 3.74. The Morgan fingerprint density at radius 1 is 0.811 bits per heavy atom. The summed E-state index contributed by atoms with van der Waals surface area (Å²) in [5.41, 5.74) is 11.6. The monoisotopic (exact) mass is 1010 g/mol. The predicted molar refractivity (Wildman–Crippen MR) is 279 cm³/mol. The number of nitrogens with zero attached hydrogens (tertiary/aromatic N) is 5. The number of piperazine rings is 1. The van der Waals surface area contributed by atoms with Crippen LogP contribution in [0.3, 0.4) is 0 Å². The van der Waals surface area contributed by atoms with Crippen LogP contribution in [-0.2, 0) is 19.1 Å². The first-order valence-electron chi connectivity index (χ1n) is 25.5. The molecule has 6 amide bonds. The molecule has 1 unspecified atom stereocenters. The molecule has 2 fully saturated rings. The Labute approximate surface area is 430 Å². The summed E-state index contributed by atoms with van der Waals surface area (Å²) >= 11 is 0. The molecular formula is C55H65N11O8. The zero-order valence-corrected chi connectivity index (χ0v) is 41.9. The van der Waals surface area contributed by atoms with Gasteiger partial charge in [-0.05, 0) is 92.1 Å². The highest BCUT2D eigenvalue weighted by atomic mass is 16.6. The van der Waals surface area contributed by atoms with Gasteiger partial charge in [0.05, 0.1) is 23.5 Å². The number of para-hydroxylation sites is 1. The smallest absolute Gasteiger partial charge is 0.418 e. The molecule has 388 valence electrons. The van der Waals surface area contributed by atoms with E-state index in [1.165, 1.54) is 4.90 Å². The third-order valence-corrected chi connectivity index (χ3v) is 14.7. The number of carbonyl (C=O) groups is 5. The summed E-state index contributed by atoms with van der Waals surface area (Å²) < 4.78 is 12.1. The summed E-state index contributed by atoms with van der Waals surface area (Å²) in [6.07, 6.45) is -0.680. The largest absolute Gasteiger partial charge is 0.507 e. The van der Waals surface area contributed by atoms with Gasteiger partial charge in [0.15, 0.2) is 5.82 Å². The summed E-state index contributed by atoms with van der Waals surface area (Å²) in [4.78, 5) is 75.2. The molecule has 0 bridgehead atoms. The van der Waals surface area contributed by atoms with E-state index in [0.29, 0.717) is 41.6 Å². The second-order valence-electron chi connectivity index (χ2n) is 19.7. The van der Waals surface area contributed by atoms with E-state index in [2.05, 4.69) is 46.6 Å². The van der Waals surface area contributed by atoms with E-state index in [9.17, 15) is 29.1 Å². The summed E-state index contributed by atoms with van der Waals surface area (Å²) in [6.45, 7) is 9.64. The van der Waals surface area contributed by atoms with Crippen LogP contribution in [0.5, 0.6) is 5.75 Å². The number of aromatic nitrogens is 2. The van der Waals surface area contributed by atoms with Gasteiger partial charge in [-0.1, -0.05) is 105 Å². The molecule has 19 nitrogen and oxygen atoms in total. The fourth-order valence-corrected chi connectivity index (χ4v) is 10.8. The molecule has 0 saturated carbocycles. The number of piperidine rings is 1. The van der Waals surface area contributed by atoms with E-state index in [1.807, 2.05) is 61.5 Å². The zero-order chi connectivity index (χ0) is 51.9. The van der Waals surface area contributed by atoms with Crippen LogP contribution in [-0.4, -0.2) is 126 Å². The van der Waals surface area contributed by atoms with Crippen LogP contribution in [0.1, 0.15) is 75.3 Å². The number of urea groups is 1. The number of benzene rings is 4. The number of alkyl carbamates (subject to hydrolysis) is 1. The molecule has 8 N–H and O–H groups in total. The van der Waals surface area contributed by atoms with Crippen molar-refractivity contribution in [3.8, 4) is 28.1 Å². The summed E-state index contributed by atoms with van der Waals surface area (Å²) in [6, 6.07) is 30.0. The summed E-state index contributed by atoms with van der Waals surface area (Å²) in [7, 11) is 0. The SMILES string of the molecule is CC(C)[C@H](NC(=O)OCC1c2ccccc2-c2ccccc21)C(=O)N[C@@H](CCCNC(N)=O)C(=O)NC(OC(=O)N1c2nnc(-c3ccccc3O)cc2N2CCN(C3CCNCC3)C[C@H]2[C@@H]1C)c1ccccc1. The maximum Gasteiger partial charge on any atom is 0.418 e. The number of rotatable bonds is 16. The molecule has 0 radical (unpaired) electrons. The van der Waals surface area contributed by atoms with E-state index >= 15 is 0 Å². The number of phenols is 1. The number of ether oxygens (including phenoxy) is 2. The van der Waals surface area contributed by atoms with Crippen molar-refractivity contribution in [2.45, 2.75) is 88.8 Å². The molecule has 5 atom stereocenters. The lowest BCUT2D eigenvalue weighted by atomic mass is 9.95. The maximum atomic E-state index is 15.0. The maximum absolute atomic E-state index is 15.0. The van der Waals surface area contributed by atoms with Gasteiger partial charge in [0, 0.05) is 49.3 Å². The van der Waals surface area contributed by atoms with Crippen molar-refractivity contribution in [3.05, 3.63) is 126 Å². The van der Waals surface area contributed by atoms with Crippen LogP contribution in [0.4, 0.5) is 25.9 Å². The van der Waals surface area contributed by atoms with Crippen LogP contribution >= 0.6 is 0 Å². The quantitative estimate of drug-likeness (QED) is 0.0461. The first-order valence-corrected chi connectivity index (χ1v) is 25.5. The molecule has 1 aliphatic carbocycles. The molecule has 5 aromatic rings. The highest BCUT2D eigenvalue weighted by Gasteiger charge is 2.46. The van der Waals surface area contributed by atoms with Crippen molar-refractivity contribution in [1.82, 2.24) is 41.7 Å². The van der Waals surface area contributed by atoms with Gasteiger partial charge in [0.1, 0.15) is 24.4 Å². The molecule has 1 aromatic heterocycles. The number of fused-ring (bicyclic) bond motifs is 6. The third kappa shape index (κ3) is 11.2. The van der Waals surface area contributed by atoms with Crippen molar-refractivity contribution in [1.29, 1.82) is 0 Å². The zero-order valence-electron chi connectivity index (χ0n) is 41.9.